The van der Waals surface area contributed by atoms with Gasteiger partial charge in [-0.1, -0.05) is 12.1 Å². The highest BCUT2D eigenvalue weighted by Crippen LogP contribution is 2.44. The Morgan fingerprint density at radius 1 is 1.00 bits per heavy atom. The SMILES string of the molecule is COc1ccc(CN2C(=O)CSC2c2ccc(OC)cc2OC)cc1. The molecule has 1 saturated heterocycles. The highest BCUT2D eigenvalue weighted by atomic mass is 32.2. The van der Waals surface area contributed by atoms with Crippen LogP contribution in [0.4, 0.5) is 0 Å². The summed E-state index contributed by atoms with van der Waals surface area (Å²) in [5, 5.41) is -0.0737. The van der Waals surface area contributed by atoms with E-state index in [-0.39, 0.29) is 11.3 Å². The number of amides is 1. The molecule has 6 heteroatoms. The molecule has 0 radical (unpaired) electrons. The third-order valence-electron chi connectivity index (χ3n) is 4.19. The number of hydrogen-bond donors (Lipinski definition) is 0. The van der Waals surface area contributed by atoms with Gasteiger partial charge in [-0.25, -0.2) is 0 Å². The van der Waals surface area contributed by atoms with Gasteiger partial charge >= 0.3 is 0 Å². The smallest absolute Gasteiger partial charge is 0.234 e. The average Bonchev–Trinajstić information content (AvgIpc) is 3.02. The number of rotatable bonds is 6. The van der Waals surface area contributed by atoms with Crippen LogP contribution in [0.2, 0.25) is 0 Å². The number of nitrogens with zero attached hydrogens (tertiary/aromatic N) is 1. The van der Waals surface area contributed by atoms with E-state index in [2.05, 4.69) is 0 Å². The van der Waals surface area contributed by atoms with Crippen molar-refractivity contribution in [1.29, 1.82) is 0 Å². The first-order valence-electron chi connectivity index (χ1n) is 7.92. The van der Waals surface area contributed by atoms with Crippen molar-refractivity contribution >= 4 is 17.7 Å². The molecule has 0 bridgehead atoms. The number of benzene rings is 2. The fourth-order valence-electron chi connectivity index (χ4n) is 2.83. The lowest BCUT2D eigenvalue weighted by Crippen LogP contribution is -2.27. The van der Waals surface area contributed by atoms with Crippen molar-refractivity contribution in [3.8, 4) is 17.2 Å². The Kier molecular flexibility index (Phi) is 5.38. The first-order valence-corrected chi connectivity index (χ1v) is 8.97. The van der Waals surface area contributed by atoms with E-state index in [1.165, 1.54) is 0 Å². The Labute approximate surface area is 151 Å². The van der Waals surface area contributed by atoms with Gasteiger partial charge in [-0.05, 0) is 29.8 Å². The van der Waals surface area contributed by atoms with Crippen molar-refractivity contribution in [2.75, 3.05) is 27.1 Å². The van der Waals surface area contributed by atoms with Crippen molar-refractivity contribution in [3.63, 3.8) is 0 Å². The first-order chi connectivity index (χ1) is 12.2. The number of hydrogen-bond acceptors (Lipinski definition) is 5. The lowest BCUT2D eigenvalue weighted by molar-refractivity contribution is -0.128. The Morgan fingerprint density at radius 3 is 2.32 bits per heavy atom. The van der Waals surface area contributed by atoms with Crippen LogP contribution in [0, 0.1) is 0 Å². The van der Waals surface area contributed by atoms with E-state index >= 15 is 0 Å². The van der Waals surface area contributed by atoms with Crippen LogP contribution in [0.15, 0.2) is 42.5 Å². The Morgan fingerprint density at radius 2 is 1.68 bits per heavy atom. The monoisotopic (exact) mass is 359 g/mol. The Balaban J connectivity index is 1.86. The fraction of sp³-hybridized carbons (Fsp3) is 0.316. The second-order valence-corrected chi connectivity index (χ2v) is 6.71. The van der Waals surface area contributed by atoms with Crippen LogP contribution in [-0.2, 0) is 11.3 Å². The zero-order valence-electron chi connectivity index (χ0n) is 14.5. The predicted molar refractivity (Wildman–Crippen MR) is 98.3 cm³/mol. The molecule has 1 aliphatic rings. The summed E-state index contributed by atoms with van der Waals surface area (Å²) in [6.45, 7) is 0.551. The zero-order valence-corrected chi connectivity index (χ0v) is 15.3. The number of carbonyl (C=O) groups is 1. The molecule has 2 aromatic carbocycles. The first kappa shape index (κ1) is 17.5. The molecule has 0 aliphatic carbocycles. The maximum atomic E-state index is 12.4. The Hall–Kier alpha value is -2.34. The molecule has 1 fully saturated rings. The number of carbonyl (C=O) groups excluding carboxylic acids is 1. The highest BCUT2D eigenvalue weighted by molar-refractivity contribution is 8.00. The van der Waals surface area contributed by atoms with Gasteiger partial charge in [0.1, 0.15) is 22.6 Å². The third kappa shape index (κ3) is 3.69. The summed E-state index contributed by atoms with van der Waals surface area (Å²) < 4.78 is 16.0. The van der Waals surface area contributed by atoms with Crippen molar-refractivity contribution < 1.29 is 19.0 Å². The normalized spacial score (nSPS) is 16.8. The summed E-state index contributed by atoms with van der Waals surface area (Å²) in [7, 11) is 4.90. The van der Waals surface area contributed by atoms with Crippen LogP contribution in [0.25, 0.3) is 0 Å². The molecule has 1 amide bonds. The summed E-state index contributed by atoms with van der Waals surface area (Å²) in [5.74, 6) is 2.86. The van der Waals surface area contributed by atoms with Gasteiger partial charge in [0.05, 0.1) is 27.1 Å². The van der Waals surface area contributed by atoms with E-state index in [1.807, 2.05) is 47.4 Å². The quantitative estimate of drug-likeness (QED) is 0.790. The molecule has 0 N–H and O–H groups in total. The van der Waals surface area contributed by atoms with Gasteiger partial charge in [-0.3, -0.25) is 4.79 Å². The third-order valence-corrected chi connectivity index (χ3v) is 5.42. The predicted octanol–water partition coefficient (Wildman–Crippen LogP) is 3.49. The molecule has 2 aromatic rings. The highest BCUT2D eigenvalue weighted by Gasteiger charge is 2.34. The molecule has 0 aromatic heterocycles. The lowest BCUT2D eigenvalue weighted by Gasteiger charge is -2.26. The molecule has 1 unspecified atom stereocenters. The molecule has 0 spiro atoms. The zero-order chi connectivity index (χ0) is 17.8. The lowest BCUT2D eigenvalue weighted by atomic mass is 10.1. The summed E-state index contributed by atoms with van der Waals surface area (Å²) in [4.78, 5) is 14.3. The summed E-state index contributed by atoms with van der Waals surface area (Å²) in [6.07, 6.45) is 0. The molecule has 1 aliphatic heterocycles. The van der Waals surface area contributed by atoms with Crippen LogP contribution >= 0.6 is 11.8 Å². The van der Waals surface area contributed by atoms with Crippen LogP contribution in [0.5, 0.6) is 17.2 Å². The molecule has 132 valence electrons. The van der Waals surface area contributed by atoms with Crippen molar-refractivity contribution in [1.82, 2.24) is 4.90 Å². The standard InChI is InChI=1S/C19H21NO4S/c1-22-14-6-4-13(5-7-14)11-20-18(21)12-25-19(20)16-9-8-15(23-2)10-17(16)24-3/h4-10,19H,11-12H2,1-3H3. The molecular weight excluding hydrogens is 338 g/mol. The number of thioether (sulfide) groups is 1. The van der Waals surface area contributed by atoms with Gasteiger partial charge in [0, 0.05) is 18.2 Å². The molecule has 5 nitrogen and oxygen atoms in total. The van der Waals surface area contributed by atoms with Crippen molar-refractivity contribution in [2.45, 2.75) is 11.9 Å². The maximum absolute atomic E-state index is 12.4. The fourth-order valence-corrected chi connectivity index (χ4v) is 4.05. The molecule has 3 rings (SSSR count). The van der Waals surface area contributed by atoms with Crippen LogP contribution in [0.1, 0.15) is 16.5 Å². The van der Waals surface area contributed by atoms with E-state index in [0.29, 0.717) is 12.3 Å². The van der Waals surface area contributed by atoms with Gasteiger partial charge in [-0.15, -0.1) is 11.8 Å². The van der Waals surface area contributed by atoms with Gasteiger partial charge in [0.25, 0.3) is 0 Å². The summed E-state index contributed by atoms with van der Waals surface area (Å²) in [5.41, 5.74) is 2.04. The van der Waals surface area contributed by atoms with Crippen molar-refractivity contribution in [2.24, 2.45) is 0 Å². The van der Waals surface area contributed by atoms with Crippen LogP contribution in [-0.4, -0.2) is 37.9 Å². The van der Waals surface area contributed by atoms with Gasteiger partial charge in [0.2, 0.25) is 5.91 Å². The number of ether oxygens (including phenoxy) is 3. The molecule has 25 heavy (non-hydrogen) atoms. The average molecular weight is 359 g/mol. The Bertz CT molecular complexity index is 748. The molecule has 1 heterocycles. The minimum atomic E-state index is -0.0737. The van der Waals surface area contributed by atoms with E-state index in [9.17, 15) is 4.79 Å². The largest absolute Gasteiger partial charge is 0.497 e. The summed E-state index contributed by atoms with van der Waals surface area (Å²) in [6, 6.07) is 13.5. The minimum Gasteiger partial charge on any atom is -0.497 e. The molecular formula is C19H21NO4S. The van der Waals surface area contributed by atoms with Crippen LogP contribution < -0.4 is 14.2 Å². The maximum Gasteiger partial charge on any atom is 0.234 e. The van der Waals surface area contributed by atoms with Gasteiger partial charge in [-0.2, -0.15) is 0 Å². The number of methoxy groups -OCH3 is 3. The van der Waals surface area contributed by atoms with Crippen LogP contribution in [0.3, 0.4) is 0 Å². The van der Waals surface area contributed by atoms with Crippen molar-refractivity contribution in [3.05, 3.63) is 53.6 Å². The van der Waals surface area contributed by atoms with E-state index in [0.717, 1.165) is 28.4 Å². The second kappa shape index (κ2) is 7.70. The molecule has 0 saturated carbocycles. The van der Waals surface area contributed by atoms with E-state index < -0.39 is 0 Å². The second-order valence-electron chi connectivity index (χ2n) is 5.64. The topological polar surface area (TPSA) is 48.0 Å². The summed E-state index contributed by atoms with van der Waals surface area (Å²) >= 11 is 1.61. The van der Waals surface area contributed by atoms with Gasteiger partial charge in [0.15, 0.2) is 0 Å². The minimum absolute atomic E-state index is 0.0737. The molecule has 1 atom stereocenters. The van der Waals surface area contributed by atoms with E-state index in [1.54, 1.807) is 33.1 Å². The van der Waals surface area contributed by atoms with Gasteiger partial charge < -0.3 is 19.1 Å². The van der Waals surface area contributed by atoms with E-state index in [4.69, 9.17) is 14.2 Å².